The highest BCUT2D eigenvalue weighted by molar-refractivity contribution is 14.0. The van der Waals surface area contributed by atoms with Crippen molar-refractivity contribution in [3.05, 3.63) is 29.3 Å². The topological polar surface area (TPSA) is 59.6 Å². The van der Waals surface area contributed by atoms with Crippen LogP contribution in [0.5, 0.6) is 5.75 Å². The van der Waals surface area contributed by atoms with Crippen LogP contribution in [0.3, 0.4) is 0 Å². The molecule has 0 bridgehead atoms. The molecule has 0 spiro atoms. The minimum Gasteiger partial charge on any atom is -0.492 e. The molecule has 0 aromatic heterocycles. The maximum absolute atomic E-state index is 5.84. The van der Waals surface area contributed by atoms with Crippen LogP contribution in [0.25, 0.3) is 0 Å². The molecule has 0 unspecified atom stereocenters. The molecule has 0 aliphatic rings. The SMILES string of the molecule is CC(C)(C)NC(N)=NCCOc1cccc(Cl)c1.I. The molecular weight excluding hydrogens is 377 g/mol. The third-order valence-corrected chi connectivity index (χ3v) is 2.18. The fraction of sp³-hybridized carbons (Fsp3) is 0.462. The van der Waals surface area contributed by atoms with E-state index in [4.69, 9.17) is 22.1 Å². The van der Waals surface area contributed by atoms with E-state index in [9.17, 15) is 0 Å². The monoisotopic (exact) mass is 397 g/mol. The Morgan fingerprint density at radius 1 is 1.42 bits per heavy atom. The first-order valence-electron chi connectivity index (χ1n) is 5.83. The highest BCUT2D eigenvalue weighted by Gasteiger charge is 2.09. The van der Waals surface area contributed by atoms with Gasteiger partial charge in [-0.05, 0) is 39.0 Å². The first-order valence-corrected chi connectivity index (χ1v) is 6.21. The van der Waals surface area contributed by atoms with Crippen molar-refractivity contribution in [3.8, 4) is 5.75 Å². The number of hydrogen-bond acceptors (Lipinski definition) is 2. The number of nitrogens with two attached hydrogens (primary N) is 1. The average Bonchev–Trinajstić information content (AvgIpc) is 2.22. The third-order valence-electron chi connectivity index (χ3n) is 1.94. The van der Waals surface area contributed by atoms with Gasteiger partial charge in [-0.15, -0.1) is 24.0 Å². The lowest BCUT2D eigenvalue weighted by atomic mass is 10.1. The van der Waals surface area contributed by atoms with Crippen LogP contribution < -0.4 is 15.8 Å². The molecular formula is C13H21ClIN3O. The molecule has 3 N–H and O–H groups in total. The molecule has 19 heavy (non-hydrogen) atoms. The van der Waals surface area contributed by atoms with Crippen LogP contribution in [0.2, 0.25) is 5.02 Å². The largest absolute Gasteiger partial charge is 0.492 e. The summed E-state index contributed by atoms with van der Waals surface area (Å²) in [6.07, 6.45) is 0. The van der Waals surface area contributed by atoms with Gasteiger partial charge in [0.25, 0.3) is 0 Å². The van der Waals surface area contributed by atoms with E-state index in [0.717, 1.165) is 5.75 Å². The van der Waals surface area contributed by atoms with E-state index in [1.54, 1.807) is 12.1 Å². The van der Waals surface area contributed by atoms with Gasteiger partial charge in [0.2, 0.25) is 0 Å². The first-order chi connectivity index (χ1) is 8.37. The molecule has 0 radical (unpaired) electrons. The molecule has 0 aliphatic carbocycles. The van der Waals surface area contributed by atoms with Crippen molar-refractivity contribution in [2.45, 2.75) is 26.3 Å². The van der Waals surface area contributed by atoms with Gasteiger partial charge in [0.05, 0.1) is 6.54 Å². The van der Waals surface area contributed by atoms with E-state index in [2.05, 4.69) is 10.3 Å². The molecule has 0 atom stereocenters. The van der Waals surface area contributed by atoms with Gasteiger partial charge in [-0.1, -0.05) is 17.7 Å². The van der Waals surface area contributed by atoms with Crippen LogP contribution in [0.15, 0.2) is 29.3 Å². The molecule has 0 saturated carbocycles. The van der Waals surface area contributed by atoms with Crippen molar-refractivity contribution in [2.75, 3.05) is 13.2 Å². The second-order valence-electron chi connectivity index (χ2n) is 4.95. The van der Waals surface area contributed by atoms with Gasteiger partial charge in [-0.25, -0.2) is 4.99 Å². The van der Waals surface area contributed by atoms with Crippen molar-refractivity contribution in [1.29, 1.82) is 0 Å². The van der Waals surface area contributed by atoms with E-state index in [0.29, 0.717) is 24.1 Å². The van der Waals surface area contributed by atoms with Gasteiger partial charge in [0, 0.05) is 10.6 Å². The van der Waals surface area contributed by atoms with Crippen LogP contribution >= 0.6 is 35.6 Å². The highest BCUT2D eigenvalue weighted by Crippen LogP contribution is 2.16. The summed E-state index contributed by atoms with van der Waals surface area (Å²) in [5.74, 6) is 1.16. The average molecular weight is 398 g/mol. The number of ether oxygens (including phenoxy) is 1. The Balaban J connectivity index is 0.00000324. The third kappa shape index (κ3) is 8.93. The Hall–Kier alpha value is -0.690. The van der Waals surface area contributed by atoms with E-state index in [1.807, 2.05) is 32.9 Å². The molecule has 1 rings (SSSR count). The van der Waals surface area contributed by atoms with E-state index < -0.39 is 0 Å². The summed E-state index contributed by atoms with van der Waals surface area (Å²) in [5.41, 5.74) is 5.64. The number of rotatable bonds is 4. The van der Waals surface area contributed by atoms with Crippen molar-refractivity contribution in [1.82, 2.24) is 5.32 Å². The standard InChI is InChI=1S/C13H20ClN3O.HI/c1-13(2,3)17-12(15)16-7-8-18-11-6-4-5-10(14)9-11;/h4-6,9H,7-8H2,1-3H3,(H3,15,16,17);1H. The smallest absolute Gasteiger partial charge is 0.189 e. The fourth-order valence-electron chi connectivity index (χ4n) is 1.31. The fourth-order valence-corrected chi connectivity index (χ4v) is 1.49. The summed E-state index contributed by atoms with van der Waals surface area (Å²) in [6, 6.07) is 7.27. The summed E-state index contributed by atoms with van der Waals surface area (Å²) in [4.78, 5) is 4.17. The number of benzene rings is 1. The van der Waals surface area contributed by atoms with Gasteiger partial charge >= 0.3 is 0 Å². The highest BCUT2D eigenvalue weighted by atomic mass is 127. The lowest BCUT2D eigenvalue weighted by Gasteiger charge is -2.20. The molecule has 0 amide bonds. The van der Waals surface area contributed by atoms with Crippen LogP contribution in [0.1, 0.15) is 20.8 Å². The van der Waals surface area contributed by atoms with Crippen molar-refractivity contribution in [3.63, 3.8) is 0 Å². The van der Waals surface area contributed by atoms with E-state index in [-0.39, 0.29) is 29.5 Å². The molecule has 0 fully saturated rings. The number of nitrogens with zero attached hydrogens (tertiary/aromatic N) is 1. The van der Waals surface area contributed by atoms with Gasteiger partial charge in [-0.2, -0.15) is 0 Å². The lowest BCUT2D eigenvalue weighted by molar-refractivity contribution is 0.328. The summed E-state index contributed by atoms with van der Waals surface area (Å²) in [5, 5.41) is 3.74. The minimum absolute atomic E-state index is 0. The summed E-state index contributed by atoms with van der Waals surface area (Å²) < 4.78 is 5.49. The van der Waals surface area contributed by atoms with Gasteiger partial charge in [0.15, 0.2) is 5.96 Å². The normalized spacial score (nSPS) is 11.7. The quantitative estimate of drug-likeness (QED) is 0.355. The Kier molecular flexibility index (Phi) is 8.17. The van der Waals surface area contributed by atoms with Gasteiger partial charge in [-0.3, -0.25) is 0 Å². The first kappa shape index (κ1) is 18.3. The number of hydrogen-bond donors (Lipinski definition) is 2. The molecule has 0 saturated heterocycles. The zero-order chi connectivity index (χ0) is 13.6. The number of nitrogens with one attached hydrogen (secondary N) is 1. The summed E-state index contributed by atoms with van der Waals surface area (Å²) in [6.45, 7) is 7.04. The molecule has 4 nitrogen and oxygen atoms in total. The Labute approximate surface area is 136 Å². The predicted molar refractivity (Wildman–Crippen MR) is 91.7 cm³/mol. The molecule has 0 heterocycles. The zero-order valence-electron chi connectivity index (χ0n) is 11.4. The molecule has 1 aromatic rings. The molecule has 0 aliphatic heterocycles. The van der Waals surface area contributed by atoms with Gasteiger partial charge < -0.3 is 15.8 Å². The second kappa shape index (κ2) is 8.47. The van der Waals surface area contributed by atoms with Crippen molar-refractivity contribution < 1.29 is 4.74 Å². The van der Waals surface area contributed by atoms with E-state index >= 15 is 0 Å². The molecule has 6 heteroatoms. The Bertz CT molecular complexity index is 419. The van der Waals surface area contributed by atoms with Crippen LogP contribution in [-0.4, -0.2) is 24.7 Å². The minimum atomic E-state index is -0.0819. The Morgan fingerprint density at radius 3 is 2.68 bits per heavy atom. The molecule has 1 aromatic carbocycles. The number of halogens is 2. The zero-order valence-corrected chi connectivity index (χ0v) is 14.5. The molecule has 108 valence electrons. The second-order valence-corrected chi connectivity index (χ2v) is 5.38. The summed E-state index contributed by atoms with van der Waals surface area (Å²) >= 11 is 5.84. The van der Waals surface area contributed by atoms with Crippen LogP contribution in [-0.2, 0) is 0 Å². The van der Waals surface area contributed by atoms with Crippen LogP contribution in [0, 0.1) is 0 Å². The van der Waals surface area contributed by atoms with E-state index in [1.165, 1.54) is 0 Å². The predicted octanol–water partition coefficient (Wildman–Crippen LogP) is 3.04. The Morgan fingerprint density at radius 2 is 2.11 bits per heavy atom. The van der Waals surface area contributed by atoms with Crippen LogP contribution in [0.4, 0.5) is 0 Å². The van der Waals surface area contributed by atoms with Crippen molar-refractivity contribution >= 4 is 41.5 Å². The number of guanidine groups is 1. The van der Waals surface area contributed by atoms with Crippen molar-refractivity contribution in [2.24, 2.45) is 10.7 Å². The summed E-state index contributed by atoms with van der Waals surface area (Å²) in [7, 11) is 0. The maximum Gasteiger partial charge on any atom is 0.189 e. The maximum atomic E-state index is 5.84. The van der Waals surface area contributed by atoms with Gasteiger partial charge in [0.1, 0.15) is 12.4 Å². The number of aliphatic imine (C=N–C) groups is 1. The lowest BCUT2D eigenvalue weighted by Crippen LogP contribution is -2.45.